The van der Waals surface area contributed by atoms with Gasteiger partial charge in [0.25, 0.3) is 0 Å². The molecule has 6 nitrogen and oxygen atoms in total. The van der Waals surface area contributed by atoms with E-state index in [2.05, 4.69) is 20.6 Å². The van der Waals surface area contributed by atoms with E-state index in [-0.39, 0.29) is 24.1 Å². The number of carbonyl (C=O) groups is 1. The Bertz CT molecular complexity index is 488. The lowest BCUT2D eigenvalue weighted by atomic mass is 9.87. The number of carbonyl (C=O) groups excluding carboxylic acids is 1. The summed E-state index contributed by atoms with van der Waals surface area (Å²) in [6, 6.07) is -0.0443. The molecule has 3 N–H and O–H groups in total. The van der Waals surface area contributed by atoms with Crippen LogP contribution in [0, 0.1) is 5.92 Å². The molecular weight excluding hydrogens is 280 g/mol. The lowest BCUT2D eigenvalue weighted by Gasteiger charge is -2.27. The Morgan fingerprint density at radius 2 is 1.82 bits per heavy atom. The molecule has 6 heteroatoms. The molecule has 1 saturated carbocycles. The highest BCUT2D eigenvalue weighted by molar-refractivity contribution is 5.89. The monoisotopic (exact) mass is 306 g/mol. The van der Waals surface area contributed by atoms with Crippen LogP contribution in [0.1, 0.15) is 52.3 Å². The Hall–Kier alpha value is -1.69. The molecule has 122 valence electrons. The maximum atomic E-state index is 12.0. The van der Waals surface area contributed by atoms with Crippen LogP contribution >= 0.6 is 0 Å². The van der Waals surface area contributed by atoms with Gasteiger partial charge in [-0.3, -0.25) is 0 Å². The molecule has 1 aromatic heterocycles. The van der Waals surface area contributed by atoms with Crippen LogP contribution in [0.5, 0.6) is 0 Å². The third-order valence-corrected chi connectivity index (χ3v) is 4.02. The molecule has 0 bridgehead atoms. The van der Waals surface area contributed by atoms with Gasteiger partial charge in [0.1, 0.15) is 5.82 Å². The molecule has 0 saturated heterocycles. The molecule has 0 aromatic carbocycles. The van der Waals surface area contributed by atoms with Crippen LogP contribution in [0.25, 0.3) is 0 Å². The van der Waals surface area contributed by atoms with Gasteiger partial charge in [-0.25, -0.2) is 14.8 Å². The summed E-state index contributed by atoms with van der Waals surface area (Å²) >= 11 is 0. The van der Waals surface area contributed by atoms with Crippen molar-refractivity contribution < 1.29 is 9.90 Å². The second-order valence-electron chi connectivity index (χ2n) is 7.04. The van der Waals surface area contributed by atoms with E-state index in [1.165, 1.54) is 0 Å². The minimum atomic E-state index is -0.223. The van der Waals surface area contributed by atoms with Gasteiger partial charge < -0.3 is 15.7 Å². The van der Waals surface area contributed by atoms with Crippen molar-refractivity contribution in [2.45, 2.75) is 57.9 Å². The van der Waals surface area contributed by atoms with E-state index in [0.29, 0.717) is 11.6 Å². The largest absolute Gasteiger partial charge is 0.396 e. The Morgan fingerprint density at radius 3 is 2.32 bits per heavy atom. The molecule has 1 aliphatic rings. The number of nitrogens with zero attached hydrogens (tertiary/aromatic N) is 2. The molecule has 0 aliphatic heterocycles. The van der Waals surface area contributed by atoms with Crippen LogP contribution in [-0.2, 0) is 5.41 Å². The quantitative estimate of drug-likeness (QED) is 0.800. The van der Waals surface area contributed by atoms with Gasteiger partial charge in [-0.1, -0.05) is 20.8 Å². The first-order chi connectivity index (χ1) is 10.4. The summed E-state index contributed by atoms with van der Waals surface area (Å²) < 4.78 is 0. The molecule has 0 spiro atoms. The molecule has 2 amide bonds. The molecule has 2 rings (SSSR count). The number of amides is 2. The van der Waals surface area contributed by atoms with Gasteiger partial charge in [-0.05, 0) is 31.6 Å². The third-order valence-electron chi connectivity index (χ3n) is 4.02. The van der Waals surface area contributed by atoms with E-state index in [1.807, 2.05) is 20.8 Å². The minimum absolute atomic E-state index is 0.105. The second kappa shape index (κ2) is 7.05. The first-order valence-electron chi connectivity index (χ1n) is 7.89. The van der Waals surface area contributed by atoms with Crippen LogP contribution in [0.15, 0.2) is 12.4 Å². The molecule has 1 fully saturated rings. The predicted molar refractivity (Wildman–Crippen MR) is 85.7 cm³/mol. The molecule has 1 aliphatic carbocycles. The maximum absolute atomic E-state index is 12.0. The van der Waals surface area contributed by atoms with Crippen molar-refractivity contribution >= 4 is 11.7 Å². The van der Waals surface area contributed by atoms with Crippen molar-refractivity contribution in [1.29, 1.82) is 0 Å². The zero-order valence-corrected chi connectivity index (χ0v) is 13.6. The van der Waals surface area contributed by atoms with Crippen molar-refractivity contribution in [2.24, 2.45) is 5.92 Å². The average Bonchev–Trinajstić information content (AvgIpc) is 2.47. The summed E-state index contributed by atoms with van der Waals surface area (Å²) in [7, 11) is 0. The second-order valence-corrected chi connectivity index (χ2v) is 7.04. The maximum Gasteiger partial charge on any atom is 0.319 e. The zero-order valence-electron chi connectivity index (χ0n) is 13.6. The first kappa shape index (κ1) is 16.7. The fourth-order valence-electron chi connectivity index (χ4n) is 2.62. The molecule has 1 heterocycles. The van der Waals surface area contributed by atoms with Crippen molar-refractivity contribution in [1.82, 2.24) is 15.3 Å². The Kier molecular flexibility index (Phi) is 5.34. The number of hydrogen-bond acceptors (Lipinski definition) is 4. The Balaban J connectivity index is 1.82. The predicted octanol–water partition coefficient (Wildman–Crippen LogP) is 2.45. The van der Waals surface area contributed by atoms with E-state index >= 15 is 0 Å². The summed E-state index contributed by atoms with van der Waals surface area (Å²) in [5.41, 5.74) is 0.487. The van der Waals surface area contributed by atoms with Gasteiger partial charge >= 0.3 is 6.03 Å². The van der Waals surface area contributed by atoms with Gasteiger partial charge in [-0.2, -0.15) is 0 Å². The van der Waals surface area contributed by atoms with Gasteiger partial charge in [0.2, 0.25) is 0 Å². The highest BCUT2D eigenvalue weighted by Crippen LogP contribution is 2.23. The fraction of sp³-hybridized carbons (Fsp3) is 0.688. The Morgan fingerprint density at radius 1 is 1.23 bits per heavy atom. The van der Waals surface area contributed by atoms with E-state index in [9.17, 15) is 4.79 Å². The van der Waals surface area contributed by atoms with Crippen molar-refractivity contribution in [3.63, 3.8) is 0 Å². The van der Waals surface area contributed by atoms with Crippen LogP contribution in [0.3, 0.4) is 0 Å². The zero-order chi connectivity index (χ0) is 16.2. The van der Waals surface area contributed by atoms with Crippen molar-refractivity contribution in [3.8, 4) is 0 Å². The van der Waals surface area contributed by atoms with Gasteiger partial charge in [0.05, 0.1) is 18.1 Å². The molecular formula is C16H26N4O2. The first-order valence-corrected chi connectivity index (χ1v) is 7.89. The number of aliphatic hydroxyl groups is 1. The summed E-state index contributed by atoms with van der Waals surface area (Å²) in [6.07, 6.45) is 7.03. The molecule has 0 atom stereocenters. The molecule has 1 aromatic rings. The standard InChI is InChI=1S/C16H26N4O2/c1-16(2,3)14-17-8-13(9-18-14)20-15(22)19-12-6-4-11(10-21)5-7-12/h8-9,11-12,21H,4-7,10H2,1-3H3,(H2,19,20,22). The van der Waals surface area contributed by atoms with Crippen molar-refractivity contribution in [3.05, 3.63) is 18.2 Å². The normalized spacial score (nSPS) is 22.2. The number of aliphatic hydroxyl groups excluding tert-OH is 1. The average molecular weight is 306 g/mol. The van der Waals surface area contributed by atoms with Gasteiger partial charge in [-0.15, -0.1) is 0 Å². The lowest BCUT2D eigenvalue weighted by molar-refractivity contribution is 0.176. The molecule has 0 radical (unpaired) electrons. The third kappa shape index (κ3) is 4.66. The van der Waals surface area contributed by atoms with Gasteiger partial charge in [0, 0.05) is 18.1 Å². The van der Waals surface area contributed by atoms with E-state index < -0.39 is 0 Å². The molecule has 22 heavy (non-hydrogen) atoms. The molecule has 0 unspecified atom stereocenters. The fourth-order valence-corrected chi connectivity index (χ4v) is 2.62. The van der Waals surface area contributed by atoms with Crippen LogP contribution in [0.2, 0.25) is 0 Å². The number of nitrogens with one attached hydrogen (secondary N) is 2. The highest BCUT2D eigenvalue weighted by Gasteiger charge is 2.22. The SMILES string of the molecule is CC(C)(C)c1ncc(NC(=O)NC2CCC(CO)CC2)cn1. The van der Waals surface area contributed by atoms with Crippen molar-refractivity contribution in [2.75, 3.05) is 11.9 Å². The number of rotatable bonds is 3. The van der Waals surface area contributed by atoms with E-state index in [4.69, 9.17) is 5.11 Å². The topological polar surface area (TPSA) is 87.1 Å². The van der Waals surface area contributed by atoms with Gasteiger partial charge in [0.15, 0.2) is 0 Å². The van der Waals surface area contributed by atoms with Crippen LogP contribution in [0.4, 0.5) is 10.5 Å². The summed E-state index contributed by atoms with van der Waals surface area (Å²) in [4.78, 5) is 20.6. The Labute approximate surface area is 131 Å². The van der Waals surface area contributed by atoms with E-state index in [1.54, 1.807) is 12.4 Å². The summed E-state index contributed by atoms with van der Waals surface area (Å²) in [6.45, 7) is 6.39. The highest BCUT2D eigenvalue weighted by atomic mass is 16.3. The van der Waals surface area contributed by atoms with Crippen LogP contribution in [-0.4, -0.2) is 33.8 Å². The number of hydrogen-bond donors (Lipinski definition) is 3. The number of aromatic nitrogens is 2. The van der Waals surface area contributed by atoms with Crippen LogP contribution < -0.4 is 10.6 Å². The number of urea groups is 1. The minimum Gasteiger partial charge on any atom is -0.396 e. The summed E-state index contributed by atoms with van der Waals surface area (Å²) in [5, 5.41) is 14.9. The lowest BCUT2D eigenvalue weighted by Crippen LogP contribution is -2.40. The summed E-state index contributed by atoms with van der Waals surface area (Å²) in [5.74, 6) is 1.14. The number of anilines is 1. The van der Waals surface area contributed by atoms with E-state index in [0.717, 1.165) is 31.5 Å². The smallest absolute Gasteiger partial charge is 0.319 e.